The van der Waals surface area contributed by atoms with Gasteiger partial charge in [-0.15, -0.1) is 0 Å². The van der Waals surface area contributed by atoms with Crippen molar-refractivity contribution in [3.05, 3.63) is 212 Å². The molecule has 6 aromatic rings. The van der Waals surface area contributed by atoms with Gasteiger partial charge in [-0.2, -0.15) is 0 Å². The number of carbonyl (C=O) groups excluding carboxylic acids is 2. The van der Waals surface area contributed by atoms with E-state index in [-0.39, 0.29) is 19.3 Å². The summed E-state index contributed by atoms with van der Waals surface area (Å²) in [5, 5.41) is 31.0. The molecular weight excluding hydrogens is 943 g/mol. The van der Waals surface area contributed by atoms with Crippen LogP contribution >= 0.6 is 0 Å². The van der Waals surface area contributed by atoms with Gasteiger partial charge in [0, 0.05) is 60.9 Å². The standard InChI is InChI=1S/3C21H23NO3/c3*1-22(2)11-5-8-18-17-7-4-3-6-16(17)14-25-20-10-9-15(12-19(18)20)13-21(23)24/h3*3-4,6-10,12H,5,11,13-14H2,1-2H3,(H,23,24)/b3*18-8-. The molecule has 3 heterocycles. The quantitative estimate of drug-likeness (QED) is 0.124. The molecule has 390 valence electrons. The number of quaternary nitrogens is 2. The highest BCUT2D eigenvalue weighted by Crippen LogP contribution is 2.40. The second-order valence-electron chi connectivity index (χ2n) is 19.9. The fraction of sp³-hybridized carbons (Fsp3) is 0.286. The summed E-state index contributed by atoms with van der Waals surface area (Å²) in [6, 6.07) is 41.5. The summed E-state index contributed by atoms with van der Waals surface area (Å²) in [7, 11) is 12.6. The van der Waals surface area contributed by atoms with Gasteiger partial charge in [-0.3, -0.25) is 4.79 Å². The van der Waals surface area contributed by atoms with Crippen LogP contribution in [0.3, 0.4) is 0 Å². The first-order valence-electron chi connectivity index (χ1n) is 25.6. The second kappa shape index (κ2) is 26.4. The molecule has 0 unspecified atom stereocenters. The van der Waals surface area contributed by atoms with E-state index in [2.05, 4.69) is 102 Å². The lowest BCUT2D eigenvalue weighted by atomic mass is 9.92. The van der Waals surface area contributed by atoms with Crippen molar-refractivity contribution >= 4 is 34.6 Å². The SMILES string of the molecule is CN(C)CC/C=C1/c2ccccc2COc2ccc(CC(=O)[O-])cc21.C[NH+](C)CC/C=C1/c2ccccc2COc2ccc(CC(=O)O)cc21.C[NH+](C)CC/C=C1/c2ccccc2COc2ccc(CC(=O)[O-])cc21. The molecule has 3 N–H and O–H groups in total. The van der Waals surface area contributed by atoms with E-state index >= 15 is 0 Å². The predicted octanol–water partition coefficient (Wildman–Crippen LogP) is 5.26. The molecular formula is C63H69N3O9. The van der Waals surface area contributed by atoms with Gasteiger partial charge in [0.1, 0.15) is 37.1 Å². The summed E-state index contributed by atoms with van der Waals surface area (Å²) in [4.78, 5) is 38.0. The molecule has 0 aliphatic carbocycles. The molecule has 12 nitrogen and oxygen atoms in total. The molecule has 12 heteroatoms. The van der Waals surface area contributed by atoms with Crippen molar-refractivity contribution in [2.24, 2.45) is 0 Å². The Labute approximate surface area is 441 Å². The Morgan fingerprint density at radius 3 is 1.15 bits per heavy atom. The van der Waals surface area contributed by atoms with Gasteiger partial charge >= 0.3 is 5.97 Å². The van der Waals surface area contributed by atoms with Crippen molar-refractivity contribution in [1.82, 2.24) is 4.90 Å². The summed E-state index contributed by atoms with van der Waals surface area (Å²) < 4.78 is 18.0. The van der Waals surface area contributed by atoms with Crippen LogP contribution in [0.2, 0.25) is 0 Å². The van der Waals surface area contributed by atoms with Gasteiger partial charge in [0.2, 0.25) is 0 Å². The van der Waals surface area contributed by atoms with Crippen molar-refractivity contribution in [1.29, 1.82) is 0 Å². The number of carbonyl (C=O) groups is 3. The first-order valence-corrected chi connectivity index (χ1v) is 25.6. The van der Waals surface area contributed by atoms with E-state index in [1.54, 1.807) is 12.1 Å². The van der Waals surface area contributed by atoms with E-state index in [0.29, 0.717) is 19.8 Å². The molecule has 0 radical (unpaired) electrons. The monoisotopic (exact) mass is 1010 g/mol. The van der Waals surface area contributed by atoms with E-state index in [1.807, 2.05) is 78.9 Å². The van der Waals surface area contributed by atoms with Gasteiger partial charge in [-0.05, 0) is 124 Å². The lowest BCUT2D eigenvalue weighted by molar-refractivity contribution is -0.857. The van der Waals surface area contributed by atoms with Crippen LogP contribution in [0.15, 0.2) is 146 Å². The van der Waals surface area contributed by atoms with Gasteiger partial charge < -0.3 is 53.8 Å². The third kappa shape index (κ3) is 15.4. The molecule has 0 atom stereocenters. The van der Waals surface area contributed by atoms with Crippen molar-refractivity contribution in [3.63, 3.8) is 0 Å². The molecule has 0 saturated carbocycles. The number of carboxylic acids is 3. The average Bonchev–Trinajstić information content (AvgIpc) is 3.71. The minimum absolute atomic E-state index is 0.0179. The lowest BCUT2D eigenvalue weighted by Crippen LogP contribution is -3.05. The van der Waals surface area contributed by atoms with Crippen LogP contribution in [0.1, 0.15) is 86.0 Å². The summed E-state index contributed by atoms with van der Waals surface area (Å²) in [5.41, 5.74) is 15.4. The van der Waals surface area contributed by atoms with Gasteiger partial charge in [0.05, 0.1) is 47.7 Å². The molecule has 0 spiro atoms. The highest BCUT2D eigenvalue weighted by molar-refractivity contribution is 5.88. The molecule has 0 saturated heterocycles. The number of fused-ring (bicyclic) bond motifs is 6. The number of benzene rings is 6. The summed E-state index contributed by atoms with van der Waals surface area (Å²) >= 11 is 0. The predicted molar refractivity (Wildman–Crippen MR) is 289 cm³/mol. The Bertz CT molecular complexity index is 2750. The van der Waals surface area contributed by atoms with Crippen molar-refractivity contribution in [3.8, 4) is 17.2 Å². The summed E-state index contributed by atoms with van der Waals surface area (Å²) in [6.07, 6.45) is 9.33. The van der Waals surface area contributed by atoms with Gasteiger partial charge in [0.15, 0.2) is 0 Å². The smallest absolute Gasteiger partial charge is 0.307 e. The minimum Gasteiger partial charge on any atom is -0.550 e. The minimum atomic E-state index is -1.08. The van der Waals surface area contributed by atoms with Gasteiger partial charge in [-0.25, -0.2) is 0 Å². The van der Waals surface area contributed by atoms with E-state index in [4.69, 9.17) is 19.3 Å². The summed E-state index contributed by atoms with van der Waals surface area (Å²) in [6.45, 7) is 4.56. The largest absolute Gasteiger partial charge is 0.550 e. The molecule has 9 rings (SSSR count). The van der Waals surface area contributed by atoms with Crippen LogP contribution in [-0.4, -0.2) is 89.8 Å². The van der Waals surface area contributed by atoms with Gasteiger partial charge in [0.25, 0.3) is 0 Å². The maximum Gasteiger partial charge on any atom is 0.307 e. The van der Waals surface area contributed by atoms with Crippen LogP contribution in [0.5, 0.6) is 17.2 Å². The zero-order valence-electron chi connectivity index (χ0n) is 44.0. The molecule has 3 aliphatic rings. The topological polar surface area (TPSA) is 157 Å². The number of ether oxygens (including phenoxy) is 3. The van der Waals surface area contributed by atoms with E-state index in [1.165, 1.54) is 15.4 Å². The molecule has 0 bridgehead atoms. The third-order valence-corrected chi connectivity index (χ3v) is 13.0. The number of nitrogens with one attached hydrogen (secondary N) is 2. The van der Waals surface area contributed by atoms with E-state index in [9.17, 15) is 24.6 Å². The normalized spacial score (nSPS) is 14.6. The Kier molecular flexibility index (Phi) is 19.4. The number of rotatable bonds is 15. The first kappa shape index (κ1) is 55.0. The molecule has 6 aromatic carbocycles. The molecule has 0 fully saturated rings. The van der Waals surface area contributed by atoms with Crippen LogP contribution in [0, 0.1) is 0 Å². The zero-order chi connectivity index (χ0) is 53.4. The number of carboxylic acid groups (broad SMARTS) is 3. The molecule has 75 heavy (non-hydrogen) atoms. The maximum atomic E-state index is 11.1. The van der Waals surface area contributed by atoms with Gasteiger partial charge in [-0.1, -0.05) is 109 Å². The number of hydrogen-bond donors (Lipinski definition) is 3. The Morgan fingerprint density at radius 1 is 0.493 bits per heavy atom. The maximum absolute atomic E-state index is 11.1. The summed E-state index contributed by atoms with van der Waals surface area (Å²) in [5.74, 6) is -0.578. The van der Waals surface area contributed by atoms with Crippen LogP contribution in [0.4, 0.5) is 0 Å². The van der Waals surface area contributed by atoms with E-state index < -0.39 is 17.9 Å². The van der Waals surface area contributed by atoms with E-state index in [0.717, 1.165) is 134 Å². The second-order valence-corrected chi connectivity index (χ2v) is 19.9. The lowest BCUT2D eigenvalue weighted by Gasteiger charge is -2.14. The number of aliphatic carboxylic acids is 3. The number of nitrogens with zero attached hydrogens (tertiary/aromatic N) is 1. The van der Waals surface area contributed by atoms with Crippen LogP contribution in [-0.2, 0) is 53.5 Å². The zero-order valence-corrected chi connectivity index (χ0v) is 44.0. The Balaban J connectivity index is 0.000000164. The number of hydrogen-bond acceptors (Lipinski definition) is 9. The third-order valence-electron chi connectivity index (χ3n) is 13.0. The highest BCUT2D eigenvalue weighted by Gasteiger charge is 2.23. The van der Waals surface area contributed by atoms with Crippen LogP contribution in [0.25, 0.3) is 16.7 Å². The molecule has 3 aliphatic heterocycles. The van der Waals surface area contributed by atoms with Crippen LogP contribution < -0.4 is 34.2 Å². The fourth-order valence-corrected chi connectivity index (χ4v) is 9.34. The van der Waals surface area contributed by atoms with Crippen molar-refractivity contribution < 1.29 is 53.7 Å². The molecule has 0 amide bonds. The Hall–Kier alpha value is -7.77. The average molecular weight is 1010 g/mol. The highest BCUT2D eigenvalue weighted by atomic mass is 16.5. The molecule has 0 aromatic heterocycles. The first-order chi connectivity index (χ1) is 36.1. The fourth-order valence-electron chi connectivity index (χ4n) is 9.34. The Morgan fingerprint density at radius 2 is 0.827 bits per heavy atom. The van der Waals surface area contributed by atoms with Crippen molar-refractivity contribution in [2.45, 2.75) is 58.3 Å². The van der Waals surface area contributed by atoms with Crippen molar-refractivity contribution in [2.75, 3.05) is 61.9 Å².